The first-order chi connectivity index (χ1) is 7.04. The first kappa shape index (κ1) is 18.6. The molecule has 0 aliphatic carbocycles. The zero-order valence-electron chi connectivity index (χ0n) is 11.5. The van der Waals surface area contributed by atoms with Crippen molar-refractivity contribution in [3.8, 4) is 0 Å². The average molecular weight is 237 g/mol. The van der Waals surface area contributed by atoms with Gasteiger partial charge < -0.3 is 11.0 Å². The first-order valence-corrected chi connectivity index (χ1v) is 5.98. The normalized spacial score (nSPS) is 10.1. The molecule has 0 unspecified atom stereocenters. The maximum atomic E-state index is 2.33. The van der Waals surface area contributed by atoms with Crippen molar-refractivity contribution in [3.63, 3.8) is 0 Å². The highest BCUT2D eigenvalue weighted by atomic mass is 16.0. The molecule has 0 amide bonds. The van der Waals surface area contributed by atoms with Crippen LogP contribution in [-0.4, -0.2) is 18.2 Å². The molecule has 0 heterocycles. The van der Waals surface area contributed by atoms with Gasteiger partial charge in [-0.25, -0.2) is 0 Å². The van der Waals surface area contributed by atoms with Crippen LogP contribution in [-0.2, 0) is 5.41 Å². The Bertz CT molecular complexity index is 288. The number of hydrogen-bond donors (Lipinski definition) is 0. The molecule has 1 rings (SSSR count). The smallest absolute Gasteiger partial charge is 0.151 e. The molecule has 97 valence electrons. The molecule has 2 nitrogen and oxygen atoms in total. The summed E-state index contributed by atoms with van der Waals surface area (Å²) in [6, 6.07) is 8.96. The molecule has 1 radical (unpaired) electrons. The van der Waals surface area contributed by atoms with E-state index in [1.165, 1.54) is 30.2 Å². The van der Waals surface area contributed by atoms with E-state index in [1.54, 1.807) is 0 Å². The van der Waals surface area contributed by atoms with E-state index >= 15 is 0 Å². The SMILES string of the molecule is CCCC[B]c1ccc(C(C)(C)C)cc1.O.O. The molecule has 0 saturated carbocycles. The van der Waals surface area contributed by atoms with Crippen LogP contribution in [0.15, 0.2) is 24.3 Å². The van der Waals surface area contributed by atoms with Crippen molar-refractivity contribution in [2.45, 2.75) is 52.3 Å². The lowest BCUT2D eigenvalue weighted by molar-refractivity contribution is 0.590. The molecule has 17 heavy (non-hydrogen) atoms. The standard InChI is InChI=1S/C14H22B.2H2O/c1-5-6-11-15-13-9-7-12(8-10-13)14(2,3)4;;/h7-10H,5-6,11H2,1-4H3;2*1H2. The number of unbranched alkanes of at least 4 members (excludes halogenated alkanes) is 1. The van der Waals surface area contributed by atoms with E-state index < -0.39 is 0 Å². The molecule has 0 saturated heterocycles. The van der Waals surface area contributed by atoms with Crippen molar-refractivity contribution < 1.29 is 11.0 Å². The van der Waals surface area contributed by atoms with Gasteiger partial charge in [-0.1, -0.05) is 76.6 Å². The predicted octanol–water partition coefficient (Wildman–Crippen LogP) is 1.88. The van der Waals surface area contributed by atoms with Crippen LogP contribution in [0.25, 0.3) is 0 Å². The fourth-order valence-corrected chi connectivity index (χ4v) is 1.59. The van der Waals surface area contributed by atoms with E-state index in [0.29, 0.717) is 0 Å². The Morgan fingerprint density at radius 2 is 1.53 bits per heavy atom. The van der Waals surface area contributed by atoms with Crippen LogP contribution in [0.3, 0.4) is 0 Å². The third-order valence-electron chi connectivity index (χ3n) is 2.71. The van der Waals surface area contributed by atoms with E-state index in [1.807, 2.05) is 0 Å². The van der Waals surface area contributed by atoms with E-state index in [9.17, 15) is 0 Å². The van der Waals surface area contributed by atoms with Gasteiger partial charge in [0.05, 0.1) is 0 Å². The van der Waals surface area contributed by atoms with Gasteiger partial charge in [0, 0.05) is 0 Å². The van der Waals surface area contributed by atoms with Crippen LogP contribution in [0.4, 0.5) is 0 Å². The molecule has 0 atom stereocenters. The van der Waals surface area contributed by atoms with E-state index in [-0.39, 0.29) is 16.4 Å². The van der Waals surface area contributed by atoms with Crippen molar-refractivity contribution in [2.75, 3.05) is 0 Å². The monoisotopic (exact) mass is 237 g/mol. The second-order valence-electron chi connectivity index (χ2n) is 5.22. The van der Waals surface area contributed by atoms with Gasteiger partial charge in [-0.15, -0.1) is 0 Å². The number of benzene rings is 1. The molecule has 1 aromatic rings. The average Bonchev–Trinajstić information content (AvgIpc) is 2.18. The summed E-state index contributed by atoms with van der Waals surface area (Å²) in [6.07, 6.45) is 3.77. The van der Waals surface area contributed by atoms with Crippen molar-refractivity contribution >= 4 is 12.7 Å². The minimum Gasteiger partial charge on any atom is -0.412 e. The Balaban J connectivity index is 0. The number of rotatable bonds is 4. The predicted molar refractivity (Wildman–Crippen MR) is 77.5 cm³/mol. The summed E-state index contributed by atoms with van der Waals surface area (Å²) in [5, 5.41) is 0. The fourth-order valence-electron chi connectivity index (χ4n) is 1.59. The summed E-state index contributed by atoms with van der Waals surface area (Å²) in [4.78, 5) is 0. The van der Waals surface area contributed by atoms with Crippen molar-refractivity contribution in [1.82, 2.24) is 0 Å². The maximum absolute atomic E-state index is 2.33. The van der Waals surface area contributed by atoms with E-state index in [0.717, 1.165) is 0 Å². The molecule has 0 spiro atoms. The first-order valence-electron chi connectivity index (χ1n) is 5.98. The minimum atomic E-state index is 0. The van der Waals surface area contributed by atoms with Gasteiger partial charge in [0.1, 0.15) is 0 Å². The fraction of sp³-hybridized carbons (Fsp3) is 0.571. The molecule has 0 bridgehead atoms. The van der Waals surface area contributed by atoms with Crippen LogP contribution in [0.5, 0.6) is 0 Å². The van der Waals surface area contributed by atoms with Crippen LogP contribution in [0.1, 0.15) is 46.1 Å². The molecule has 0 fully saturated rings. The largest absolute Gasteiger partial charge is 0.412 e. The van der Waals surface area contributed by atoms with Gasteiger partial charge in [0.25, 0.3) is 0 Å². The molecule has 0 aromatic heterocycles. The topological polar surface area (TPSA) is 63.0 Å². The van der Waals surface area contributed by atoms with Gasteiger partial charge in [-0.2, -0.15) is 0 Å². The van der Waals surface area contributed by atoms with Crippen LogP contribution in [0, 0.1) is 0 Å². The number of hydrogen-bond acceptors (Lipinski definition) is 0. The lowest BCUT2D eigenvalue weighted by atomic mass is 9.66. The Kier molecular flexibility index (Phi) is 9.09. The van der Waals surface area contributed by atoms with Crippen molar-refractivity contribution in [1.29, 1.82) is 0 Å². The summed E-state index contributed by atoms with van der Waals surface area (Å²) in [6.45, 7) is 8.99. The molecular formula is C14H26BO2. The Hall–Kier alpha value is -0.795. The Morgan fingerprint density at radius 1 is 1.00 bits per heavy atom. The zero-order valence-corrected chi connectivity index (χ0v) is 11.5. The highest BCUT2D eigenvalue weighted by Crippen LogP contribution is 2.20. The maximum Gasteiger partial charge on any atom is 0.151 e. The highest BCUT2D eigenvalue weighted by Gasteiger charge is 2.12. The van der Waals surface area contributed by atoms with Crippen LogP contribution < -0.4 is 5.46 Å². The molecule has 3 heteroatoms. The third-order valence-corrected chi connectivity index (χ3v) is 2.71. The van der Waals surface area contributed by atoms with E-state index in [2.05, 4.69) is 59.2 Å². The van der Waals surface area contributed by atoms with Gasteiger partial charge in [0.2, 0.25) is 0 Å². The van der Waals surface area contributed by atoms with Gasteiger partial charge in [0.15, 0.2) is 7.28 Å². The Morgan fingerprint density at radius 3 is 1.94 bits per heavy atom. The molecule has 4 N–H and O–H groups in total. The van der Waals surface area contributed by atoms with Crippen molar-refractivity contribution in [3.05, 3.63) is 29.8 Å². The lowest BCUT2D eigenvalue weighted by Gasteiger charge is -2.19. The summed E-state index contributed by atoms with van der Waals surface area (Å²) in [7, 11) is 2.33. The summed E-state index contributed by atoms with van der Waals surface area (Å²) >= 11 is 0. The molecular weight excluding hydrogens is 211 g/mol. The zero-order chi connectivity index (χ0) is 11.3. The highest BCUT2D eigenvalue weighted by molar-refractivity contribution is 6.53. The van der Waals surface area contributed by atoms with Crippen LogP contribution >= 0.6 is 0 Å². The Labute approximate surface area is 106 Å². The van der Waals surface area contributed by atoms with Gasteiger partial charge >= 0.3 is 0 Å². The second kappa shape index (κ2) is 8.32. The second-order valence-corrected chi connectivity index (χ2v) is 5.22. The van der Waals surface area contributed by atoms with Gasteiger partial charge in [-0.3, -0.25) is 0 Å². The lowest BCUT2D eigenvalue weighted by Crippen LogP contribution is -2.16. The van der Waals surface area contributed by atoms with Gasteiger partial charge in [-0.05, 0) is 11.0 Å². The summed E-state index contributed by atoms with van der Waals surface area (Å²) in [5.74, 6) is 0. The third kappa shape index (κ3) is 6.49. The molecule has 1 aromatic carbocycles. The van der Waals surface area contributed by atoms with E-state index in [4.69, 9.17) is 0 Å². The van der Waals surface area contributed by atoms with Crippen molar-refractivity contribution in [2.24, 2.45) is 0 Å². The minimum absolute atomic E-state index is 0. The quantitative estimate of drug-likeness (QED) is 0.567. The van der Waals surface area contributed by atoms with Crippen LogP contribution in [0.2, 0.25) is 6.32 Å². The summed E-state index contributed by atoms with van der Waals surface area (Å²) in [5.41, 5.74) is 3.04. The molecule has 0 aliphatic heterocycles. The molecule has 0 aliphatic rings. The summed E-state index contributed by atoms with van der Waals surface area (Å²) < 4.78 is 0.